The summed E-state index contributed by atoms with van der Waals surface area (Å²) in [6.07, 6.45) is -0.935. The lowest BCUT2D eigenvalue weighted by Gasteiger charge is -2.34. The maximum atomic E-state index is 11.6. The fourth-order valence-corrected chi connectivity index (χ4v) is 2.13. The molecule has 1 aromatic heterocycles. The van der Waals surface area contributed by atoms with Gasteiger partial charge in [0, 0.05) is 26.2 Å². The van der Waals surface area contributed by atoms with Gasteiger partial charge in [0.1, 0.15) is 17.9 Å². The van der Waals surface area contributed by atoms with E-state index in [0.29, 0.717) is 25.4 Å². The van der Waals surface area contributed by atoms with Crippen LogP contribution < -0.4 is 0 Å². The average Bonchev–Trinajstić information content (AvgIpc) is 2.86. The minimum atomic E-state index is -0.935. The quantitative estimate of drug-likeness (QED) is 0.841. The van der Waals surface area contributed by atoms with Gasteiger partial charge in [-0.1, -0.05) is 0 Å². The Bertz CT molecular complexity index is 482. The average molecular weight is 263 g/mol. The summed E-state index contributed by atoms with van der Waals surface area (Å²) in [4.78, 5) is 15.4. The van der Waals surface area contributed by atoms with Crippen molar-refractivity contribution in [2.75, 3.05) is 26.2 Å². The van der Waals surface area contributed by atoms with Crippen molar-refractivity contribution < 1.29 is 14.3 Å². The molecule has 102 valence electrons. The molecule has 2 rings (SSSR count). The number of aliphatic hydroxyl groups excluding tert-OH is 1. The standard InChI is InChI=1S/C13H17N3O3/c1-10(17)13(18)16-6-4-15(5-7-16)9-12-3-2-11(8-14)19-12/h2-3,10,17H,4-7,9H2,1H3. The molecule has 19 heavy (non-hydrogen) atoms. The van der Waals surface area contributed by atoms with Crippen LogP contribution in [0, 0.1) is 11.3 Å². The van der Waals surface area contributed by atoms with Crippen molar-refractivity contribution in [2.45, 2.75) is 19.6 Å². The molecule has 1 amide bonds. The van der Waals surface area contributed by atoms with E-state index in [4.69, 9.17) is 9.68 Å². The van der Waals surface area contributed by atoms with Gasteiger partial charge in [-0.3, -0.25) is 9.69 Å². The zero-order valence-corrected chi connectivity index (χ0v) is 10.9. The van der Waals surface area contributed by atoms with Gasteiger partial charge in [0.25, 0.3) is 5.91 Å². The van der Waals surface area contributed by atoms with E-state index in [1.54, 1.807) is 17.0 Å². The summed E-state index contributed by atoms with van der Waals surface area (Å²) in [5.74, 6) is 0.856. The summed E-state index contributed by atoms with van der Waals surface area (Å²) >= 11 is 0. The minimum absolute atomic E-state index is 0.218. The first-order valence-electron chi connectivity index (χ1n) is 6.28. The summed E-state index contributed by atoms with van der Waals surface area (Å²) in [5, 5.41) is 17.9. The number of amides is 1. The van der Waals surface area contributed by atoms with Crippen LogP contribution in [0.2, 0.25) is 0 Å². The molecule has 6 heteroatoms. The normalized spacial score (nSPS) is 18.1. The SMILES string of the molecule is CC(O)C(=O)N1CCN(Cc2ccc(C#N)o2)CC1. The highest BCUT2D eigenvalue weighted by Crippen LogP contribution is 2.12. The number of carbonyl (C=O) groups excluding carboxylic acids is 1. The first-order valence-corrected chi connectivity index (χ1v) is 6.28. The maximum absolute atomic E-state index is 11.6. The second kappa shape index (κ2) is 5.87. The Balaban J connectivity index is 1.84. The molecule has 1 unspecified atom stereocenters. The number of carbonyl (C=O) groups is 1. The van der Waals surface area contributed by atoms with Crippen molar-refractivity contribution in [1.29, 1.82) is 5.26 Å². The molecule has 0 aromatic carbocycles. The van der Waals surface area contributed by atoms with Crippen LogP contribution in [0.25, 0.3) is 0 Å². The molecule has 0 spiro atoms. The molecule has 6 nitrogen and oxygen atoms in total. The lowest BCUT2D eigenvalue weighted by Crippen LogP contribution is -2.50. The third-order valence-electron chi connectivity index (χ3n) is 3.19. The van der Waals surface area contributed by atoms with Crippen LogP contribution in [0.4, 0.5) is 0 Å². The van der Waals surface area contributed by atoms with Crippen molar-refractivity contribution in [3.8, 4) is 6.07 Å². The Morgan fingerprint density at radius 1 is 1.47 bits per heavy atom. The second-order valence-corrected chi connectivity index (χ2v) is 4.66. The summed E-state index contributed by atoms with van der Waals surface area (Å²) in [6, 6.07) is 5.41. The molecular formula is C13H17N3O3. The Kier molecular flexibility index (Phi) is 4.20. The van der Waals surface area contributed by atoms with Crippen LogP contribution >= 0.6 is 0 Å². The highest BCUT2D eigenvalue weighted by Gasteiger charge is 2.24. The number of nitrogens with zero attached hydrogens (tertiary/aromatic N) is 3. The van der Waals surface area contributed by atoms with Crippen molar-refractivity contribution in [3.05, 3.63) is 23.7 Å². The van der Waals surface area contributed by atoms with Crippen LogP contribution in [0.1, 0.15) is 18.4 Å². The number of nitriles is 1. The number of hydrogen-bond acceptors (Lipinski definition) is 5. The third-order valence-corrected chi connectivity index (χ3v) is 3.19. The van der Waals surface area contributed by atoms with E-state index in [9.17, 15) is 9.90 Å². The van der Waals surface area contributed by atoms with Gasteiger partial charge in [0.15, 0.2) is 0 Å². The van der Waals surface area contributed by atoms with Crippen LogP contribution in [0.5, 0.6) is 0 Å². The smallest absolute Gasteiger partial charge is 0.251 e. The van der Waals surface area contributed by atoms with Crippen molar-refractivity contribution in [1.82, 2.24) is 9.80 Å². The van der Waals surface area contributed by atoms with E-state index in [1.807, 2.05) is 6.07 Å². The number of furan rings is 1. The summed E-state index contributed by atoms with van der Waals surface area (Å²) in [6.45, 7) is 4.81. The molecule has 2 heterocycles. The molecular weight excluding hydrogens is 246 g/mol. The molecule has 1 aliphatic heterocycles. The van der Waals surface area contributed by atoms with Crippen LogP contribution in [0.3, 0.4) is 0 Å². The molecule has 1 aromatic rings. The Morgan fingerprint density at radius 3 is 2.68 bits per heavy atom. The van der Waals surface area contributed by atoms with Crippen LogP contribution in [-0.2, 0) is 11.3 Å². The molecule has 1 fully saturated rings. The fraction of sp³-hybridized carbons (Fsp3) is 0.538. The van der Waals surface area contributed by atoms with E-state index in [2.05, 4.69) is 4.90 Å². The zero-order chi connectivity index (χ0) is 13.8. The lowest BCUT2D eigenvalue weighted by molar-refractivity contribution is -0.141. The number of rotatable bonds is 3. The van der Waals surface area contributed by atoms with Gasteiger partial charge in [-0.15, -0.1) is 0 Å². The first-order chi connectivity index (χ1) is 9.10. The van der Waals surface area contributed by atoms with Crippen LogP contribution in [-0.4, -0.2) is 53.1 Å². The van der Waals surface area contributed by atoms with Gasteiger partial charge in [0.2, 0.25) is 5.76 Å². The van der Waals surface area contributed by atoms with Gasteiger partial charge in [-0.2, -0.15) is 5.26 Å². The van der Waals surface area contributed by atoms with Crippen LogP contribution in [0.15, 0.2) is 16.5 Å². The minimum Gasteiger partial charge on any atom is -0.449 e. The molecule has 0 bridgehead atoms. The third kappa shape index (κ3) is 3.34. The van der Waals surface area contributed by atoms with Gasteiger partial charge >= 0.3 is 0 Å². The van der Waals surface area contributed by atoms with E-state index in [-0.39, 0.29) is 5.91 Å². The molecule has 1 N–H and O–H groups in total. The molecule has 1 saturated heterocycles. The largest absolute Gasteiger partial charge is 0.449 e. The lowest BCUT2D eigenvalue weighted by atomic mass is 10.2. The monoisotopic (exact) mass is 263 g/mol. The highest BCUT2D eigenvalue weighted by atomic mass is 16.3. The second-order valence-electron chi connectivity index (χ2n) is 4.66. The molecule has 0 radical (unpaired) electrons. The fourth-order valence-electron chi connectivity index (χ4n) is 2.13. The van der Waals surface area contributed by atoms with Crippen molar-refractivity contribution in [2.24, 2.45) is 0 Å². The van der Waals surface area contributed by atoms with Gasteiger partial charge < -0.3 is 14.4 Å². The Labute approximate surface area is 111 Å². The summed E-state index contributed by atoms with van der Waals surface area (Å²) < 4.78 is 5.32. The van der Waals surface area contributed by atoms with Crippen molar-refractivity contribution >= 4 is 5.91 Å². The number of aliphatic hydroxyl groups is 1. The van der Waals surface area contributed by atoms with E-state index in [1.165, 1.54) is 6.92 Å². The molecule has 0 saturated carbocycles. The van der Waals surface area contributed by atoms with E-state index >= 15 is 0 Å². The summed E-state index contributed by atoms with van der Waals surface area (Å²) in [7, 11) is 0. The Morgan fingerprint density at radius 2 is 2.16 bits per heavy atom. The van der Waals surface area contributed by atoms with Gasteiger partial charge in [-0.05, 0) is 19.1 Å². The van der Waals surface area contributed by atoms with E-state index < -0.39 is 6.10 Å². The Hall–Kier alpha value is -1.84. The predicted octanol–water partition coefficient (Wildman–Crippen LogP) is 0.176. The van der Waals surface area contributed by atoms with Gasteiger partial charge in [0.05, 0.1) is 6.54 Å². The maximum Gasteiger partial charge on any atom is 0.251 e. The molecule has 0 aliphatic carbocycles. The zero-order valence-electron chi connectivity index (χ0n) is 10.9. The molecule has 1 aliphatic rings. The van der Waals surface area contributed by atoms with E-state index in [0.717, 1.165) is 18.8 Å². The highest BCUT2D eigenvalue weighted by molar-refractivity contribution is 5.80. The number of piperazine rings is 1. The topological polar surface area (TPSA) is 80.7 Å². The van der Waals surface area contributed by atoms with Gasteiger partial charge in [-0.25, -0.2) is 0 Å². The van der Waals surface area contributed by atoms with Crippen molar-refractivity contribution in [3.63, 3.8) is 0 Å². The number of hydrogen-bond donors (Lipinski definition) is 1. The predicted molar refractivity (Wildman–Crippen MR) is 67.0 cm³/mol. The summed E-state index contributed by atoms with van der Waals surface area (Å²) in [5.41, 5.74) is 0. The first kappa shape index (κ1) is 13.6. The molecule has 1 atom stereocenters.